The molecular weight excluding hydrogens is 222 g/mol. The lowest BCUT2D eigenvalue weighted by Gasteiger charge is -2.18. The third-order valence-corrected chi connectivity index (χ3v) is 2.13. The molecule has 0 aliphatic rings. The summed E-state index contributed by atoms with van der Waals surface area (Å²) >= 11 is 0. The molecule has 0 aliphatic heterocycles. The van der Waals surface area contributed by atoms with E-state index in [1.807, 2.05) is 14.1 Å². The third kappa shape index (κ3) is 3.86. The zero-order valence-electron chi connectivity index (χ0n) is 10.5. The molecule has 7 nitrogen and oxygen atoms in total. The fourth-order valence-corrected chi connectivity index (χ4v) is 1.19. The van der Waals surface area contributed by atoms with E-state index in [9.17, 15) is 4.79 Å². The SMILES string of the molecule is Cc1nc(N(C)C)nc(N(C)CCC(=O)O)n1. The van der Waals surface area contributed by atoms with Crippen molar-refractivity contribution in [2.24, 2.45) is 0 Å². The maximum absolute atomic E-state index is 10.5. The van der Waals surface area contributed by atoms with Crippen molar-refractivity contribution in [1.82, 2.24) is 15.0 Å². The van der Waals surface area contributed by atoms with E-state index >= 15 is 0 Å². The molecule has 0 spiro atoms. The number of aliphatic carboxylic acids is 1. The van der Waals surface area contributed by atoms with Crippen LogP contribution < -0.4 is 9.80 Å². The number of anilines is 2. The molecule has 0 radical (unpaired) electrons. The lowest BCUT2D eigenvalue weighted by atomic mass is 10.4. The average Bonchev–Trinajstić information content (AvgIpc) is 2.24. The molecule has 0 saturated carbocycles. The molecule has 0 saturated heterocycles. The first kappa shape index (κ1) is 13.1. The summed E-state index contributed by atoms with van der Waals surface area (Å²) in [7, 11) is 5.45. The maximum Gasteiger partial charge on any atom is 0.305 e. The summed E-state index contributed by atoms with van der Waals surface area (Å²) in [6.45, 7) is 2.15. The van der Waals surface area contributed by atoms with Crippen molar-refractivity contribution < 1.29 is 9.90 Å². The molecule has 0 aromatic carbocycles. The van der Waals surface area contributed by atoms with Crippen LogP contribution in [0.4, 0.5) is 11.9 Å². The Hall–Kier alpha value is -1.92. The van der Waals surface area contributed by atoms with Crippen LogP contribution in [0, 0.1) is 6.92 Å². The molecule has 1 N–H and O–H groups in total. The number of nitrogens with zero attached hydrogens (tertiary/aromatic N) is 5. The number of aryl methyl sites for hydroxylation is 1. The number of hydrogen-bond donors (Lipinski definition) is 1. The van der Waals surface area contributed by atoms with Gasteiger partial charge in [0.15, 0.2) is 0 Å². The molecule has 1 aromatic heterocycles. The standard InChI is InChI=1S/C10H17N5O2/c1-7-11-9(14(2)3)13-10(12-7)15(4)6-5-8(16)17/h5-6H2,1-4H3,(H,16,17). The normalized spacial score (nSPS) is 10.1. The van der Waals surface area contributed by atoms with E-state index in [-0.39, 0.29) is 6.42 Å². The molecule has 1 rings (SSSR count). The summed E-state index contributed by atoms with van der Waals surface area (Å²) in [6, 6.07) is 0. The minimum Gasteiger partial charge on any atom is -0.481 e. The van der Waals surface area contributed by atoms with Crippen LogP contribution >= 0.6 is 0 Å². The van der Waals surface area contributed by atoms with Crippen LogP contribution in [0.5, 0.6) is 0 Å². The smallest absolute Gasteiger partial charge is 0.305 e. The van der Waals surface area contributed by atoms with E-state index in [4.69, 9.17) is 5.11 Å². The van der Waals surface area contributed by atoms with E-state index in [2.05, 4.69) is 15.0 Å². The lowest BCUT2D eigenvalue weighted by molar-refractivity contribution is -0.136. The summed E-state index contributed by atoms with van der Waals surface area (Å²) in [5, 5.41) is 8.62. The van der Waals surface area contributed by atoms with Crippen LogP contribution in [0.2, 0.25) is 0 Å². The fourth-order valence-electron chi connectivity index (χ4n) is 1.19. The van der Waals surface area contributed by atoms with E-state index in [1.54, 1.807) is 23.8 Å². The number of aromatic nitrogens is 3. The topological polar surface area (TPSA) is 82.5 Å². The second-order valence-corrected chi connectivity index (χ2v) is 3.94. The quantitative estimate of drug-likeness (QED) is 0.783. The first-order valence-electron chi connectivity index (χ1n) is 5.23. The van der Waals surface area contributed by atoms with Gasteiger partial charge >= 0.3 is 5.97 Å². The Morgan fingerprint density at radius 2 is 1.76 bits per heavy atom. The van der Waals surface area contributed by atoms with Gasteiger partial charge in [0.2, 0.25) is 11.9 Å². The largest absolute Gasteiger partial charge is 0.481 e. The van der Waals surface area contributed by atoms with Gasteiger partial charge in [0.25, 0.3) is 0 Å². The highest BCUT2D eigenvalue weighted by atomic mass is 16.4. The minimum atomic E-state index is -0.838. The van der Waals surface area contributed by atoms with Gasteiger partial charge in [-0.3, -0.25) is 4.79 Å². The van der Waals surface area contributed by atoms with E-state index < -0.39 is 5.97 Å². The van der Waals surface area contributed by atoms with Crippen molar-refractivity contribution in [1.29, 1.82) is 0 Å². The summed E-state index contributed by atoms with van der Waals surface area (Å²) in [4.78, 5) is 26.6. The molecule has 0 unspecified atom stereocenters. The monoisotopic (exact) mass is 239 g/mol. The van der Waals surface area contributed by atoms with Crippen LogP contribution in [0.1, 0.15) is 12.2 Å². The summed E-state index contributed by atoms with van der Waals surface area (Å²) in [5.41, 5.74) is 0. The molecule has 0 amide bonds. The summed E-state index contributed by atoms with van der Waals surface area (Å²) in [5.74, 6) is 0.827. The van der Waals surface area contributed by atoms with Gasteiger partial charge in [-0.1, -0.05) is 0 Å². The van der Waals surface area contributed by atoms with Crippen LogP contribution in [0.3, 0.4) is 0 Å². The summed E-state index contributed by atoms with van der Waals surface area (Å²) < 4.78 is 0. The molecular formula is C10H17N5O2. The van der Waals surface area contributed by atoms with Crippen LogP contribution in [0.25, 0.3) is 0 Å². The molecule has 0 aliphatic carbocycles. The lowest BCUT2D eigenvalue weighted by Crippen LogP contribution is -2.25. The minimum absolute atomic E-state index is 0.0541. The Labute approximate surface area is 100 Å². The van der Waals surface area contributed by atoms with Gasteiger partial charge in [0.1, 0.15) is 5.82 Å². The molecule has 1 aromatic rings. The molecule has 0 bridgehead atoms. The molecule has 7 heteroatoms. The van der Waals surface area contributed by atoms with Crippen LogP contribution in [0.15, 0.2) is 0 Å². The van der Waals surface area contributed by atoms with E-state index in [1.165, 1.54) is 0 Å². The van der Waals surface area contributed by atoms with Crippen molar-refractivity contribution >= 4 is 17.9 Å². The number of carbonyl (C=O) groups is 1. The average molecular weight is 239 g/mol. The van der Waals surface area contributed by atoms with Crippen LogP contribution in [-0.2, 0) is 4.79 Å². The Morgan fingerprint density at radius 3 is 2.29 bits per heavy atom. The number of hydrogen-bond acceptors (Lipinski definition) is 6. The Morgan fingerprint density at radius 1 is 1.18 bits per heavy atom. The Balaban J connectivity index is 2.85. The second-order valence-electron chi connectivity index (χ2n) is 3.94. The van der Waals surface area contributed by atoms with Gasteiger partial charge in [-0.15, -0.1) is 0 Å². The van der Waals surface area contributed by atoms with Crippen molar-refractivity contribution in [3.05, 3.63) is 5.82 Å². The van der Waals surface area contributed by atoms with Gasteiger partial charge in [-0.25, -0.2) is 0 Å². The second kappa shape index (κ2) is 5.42. The van der Waals surface area contributed by atoms with Gasteiger partial charge in [0.05, 0.1) is 6.42 Å². The predicted molar refractivity (Wildman–Crippen MR) is 64.4 cm³/mol. The highest BCUT2D eigenvalue weighted by molar-refractivity contribution is 5.67. The van der Waals surface area contributed by atoms with Gasteiger partial charge < -0.3 is 14.9 Å². The van der Waals surface area contributed by atoms with Crippen LogP contribution in [-0.4, -0.2) is 53.7 Å². The van der Waals surface area contributed by atoms with Crippen molar-refractivity contribution in [3.8, 4) is 0 Å². The molecule has 94 valence electrons. The van der Waals surface area contributed by atoms with E-state index in [0.29, 0.717) is 24.3 Å². The molecule has 0 atom stereocenters. The van der Waals surface area contributed by atoms with Gasteiger partial charge in [0, 0.05) is 27.7 Å². The number of carboxylic acid groups (broad SMARTS) is 1. The number of carboxylic acids is 1. The first-order valence-corrected chi connectivity index (χ1v) is 5.23. The first-order chi connectivity index (χ1) is 7.90. The fraction of sp³-hybridized carbons (Fsp3) is 0.600. The van der Waals surface area contributed by atoms with Gasteiger partial charge in [-0.2, -0.15) is 15.0 Å². The zero-order valence-corrected chi connectivity index (χ0v) is 10.5. The number of rotatable bonds is 5. The summed E-state index contributed by atoms with van der Waals surface area (Å²) in [6.07, 6.45) is 0.0541. The highest BCUT2D eigenvalue weighted by Crippen LogP contribution is 2.11. The predicted octanol–water partition coefficient (Wildman–Crippen LogP) is 0.157. The molecule has 17 heavy (non-hydrogen) atoms. The molecule has 1 heterocycles. The third-order valence-electron chi connectivity index (χ3n) is 2.13. The van der Waals surface area contributed by atoms with Crippen molar-refractivity contribution in [3.63, 3.8) is 0 Å². The van der Waals surface area contributed by atoms with Gasteiger partial charge in [-0.05, 0) is 6.92 Å². The Bertz CT molecular complexity index is 408. The van der Waals surface area contributed by atoms with Crippen molar-refractivity contribution in [2.45, 2.75) is 13.3 Å². The Kier molecular flexibility index (Phi) is 4.19. The highest BCUT2D eigenvalue weighted by Gasteiger charge is 2.10. The maximum atomic E-state index is 10.5. The van der Waals surface area contributed by atoms with E-state index in [0.717, 1.165) is 0 Å². The van der Waals surface area contributed by atoms with Crippen molar-refractivity contribution in [2.75, 3.05) is 37.5 Å². The molecule has 0 fully saturated rings. The zero-order chi connectivity index (χ0) is 13.0.